The summed E-state index contributed by atoms with van der Waals surface area (Å²) in [5, 5.41) is 6.88. The number of nitrogens with one attached hydrogen (secondary N) is 1. The molecule has 0 radical (unpaired) electrons. The van der Waals surface area contributed by atoms with Crippen molar-refractivity contribution in [1.29, 1.82) is 0 Å². The first-order valence-electron chi connectivity index (χ1n) is 7.35. The molecule has 0 aliphatic carbocycles. The smallest absolute Gasteiger partial charge is 0.330 e. The molecule has 0 bridgehead atoms. The van der Waals surface area contributed by atoms with Crippen LogP contribution in [0.1, 0.15) is 25.5 Å². The molecular weight excluding hydrogens is 294 g/mol. The first-order valence-corrected chi connectivity index (χ1v) is 7.35. The molecule has 6 heteroatoms. The largest absolute Gasteiger partial charge is 0.463 e. The second kappa shape index (κ2) is 7.93. The molecule has 0 fully saturated rings. The van der Waals surface area contributed by atoms with Gasteiger partial charge in [-0.25, -0.2) is 4.79 Å². The quantitative estimate of drug-likeness (QED) is 0.657. The van der Waals surface area contributed by atoms with Gasteiger partial charge in [-0.05, 0) is 43.7 Å². The zero-order chi connectivity index (χ0) is 16.7. The first-order chi connectivity index (χ1) is 11.1. The van der Waals surface area contributed by atoms with Crippen LogP contribution in [0.15, 0.2) is 48.8 Å². The molecule has 1 unspecified atom stereocenters. The predicted octanol–water partition coefficient (Wildman–Crippen LogP) is 2.66. The van der Waals surface area contributed by atoms with E-state index in [2.05, 4.69) is 10.4 Å². The van der Waals surface area contributed by atoms with Crippen molar-refractivity contribution in [2.75, 3.05) is 11.9 Å². The molecule has 6 nitrogen and oxygen atoms in total. The number of amides is 1. The second-order valence-electron chi connectivity index (χ2n) is 4.86. The number of carbonyl (C=O) groups is 2. The van der Waals surface area contributed by atoms with Crippen LogP contribution >= 0.6 is 0 Å². The normalized spacial score (nSPS) is 12.1. The lowest BCUT2D eigenvalue weighted by atomic mass is 10.2. The van der Waals surface area contributed by atoms with Crippen LogP contribution in [-0.2, 0) is 14.3 Å². The summed E-state index contributed by atoms with van der Waals surface area (Å²) in [5.41, 5.74) is 1.53. The van der Waals surface area contributed by atoms with Crippen molar-refractivity contribution < 1.29 is 14.3 Å². The molecule has 1 atom stereocenters. The highest BCUT2D eigenvalue weighted by Crippen LogP contribution is 2.13. The van der Waals surface area contributed by atoms with Crippen molar-refractivity contribution in [3.63, 3.8) is 0 Å². The van der Waals surface area contributed by atoms with Gasteiger partial charge in [-0.1, -0.05) is 12.1 Å². The summed E-state index contributed by atoms with van der Waals surface area (Å²) >= 11 is 0. The number of aromatic nitrogens is 2. The standard InChI is InChI=1S/C17H19N3O3/c1-3-23-16(21)10-7-14-5-8-15(9-6-14)19-17(22)13(2)20-12-4-11-18-20/h4-13H,3H2,1-2H3,(H,19,22). The van der Waals surface area contributed by atoms with Crippen LogP contribution in [0.5, 0.6) is 0 Å². The molecule has 1 aromatic heterocycles. The number of hydrogen-bond donors (Lipinski definition) is 1. The fraction of sp³-hybridized carbons (Fsp3) is 0.235. The topological polar surface area (TPSA) is 73.2 Å². The maximum absolute atomic E-state index is 12.1. The molecule has 0 saturated carbocycles. The fourth-order valence-corrected chi connectivity index (χ4v) is 1.91. The molecule has 1 N–H and O–H groups in total. The minimum Gasteiger partial charge on any atom is -0.463 e. The van der Waals surface area contributed by atoms with Gasteiger partial charge in [0.1, 0.15) is 6.04 Å². The number of benzene rings is 1. The Morgan fingerprint density at radius 1 is 1.35 bits per heavy atom. The van der Waals surface area contributed by atoms with Gasteiger partial charge in [0.2, 0.25) is 5.91 Å². The van der Waals surface area contributed by atoms with Gasteiger partial charge in [0.15, 0.2) is 0 Å². The summed E-state index contributed by atoms with van der Waals surface area (Å²) in [6, 6.07) is 8.55. The summed E-state index contributed by atoms with van der Waals surface area (Å²) in [5.74, 6) is -0.526. The molecule has 1 aromatic carbocycles. The third kappa shape index (κ3) is 4.81. The number of nitrogens with zero attached hydrogens (tertiary/aromatic N) is 2. The van der Waals surface area contributed by atoms with Crippen molar-refractivity contribution in [2.24, 2.45) is 0 Å². The van der Waals surface area contributed by atoms with E-state index in [1.54, 1.807) is 55.2 Å². The number of anilines is 1. The lowest BCUT2D eigenvalue weighted by Gasteiger charge is -2.12. The van der Waals surface area contributed by atoms with Crippen LogP contribution in [0.4, 0.5) is 5.69 Å². The third-order valence-electron chi connectivity index (χ3n) is 3.18. The Labute approximate surface area is 134 Å². The summed E-state index contributed by atoms with van der Waals surface area (Å²) in [4.78, 5) is 23.4. The lowest BCUT2D eigenvalue weighted by Crippen LogP contribution is -2.23. The van der Waals surface area contributed by atoms with Crippen molar-refractivity contribution >= 4 is 23.6 Å². The van der Waals surface area contributed by atoms with Crippen LogP contribution in [0.3, 0.4) is 0 Å². The SMILES string of the molecule is CCOC(=O)C=Cc1ccc(NC(=O)C(C)n2cccn2)cc1. The van der Waals surface area contributed by atoms with Crippen LogP contribution in [0, 0.1) is 0 Å². The van der Waals surface area contributed by atoms with E-state index < -0.39 is 6.04 Å². The molecule has 1 heterocycles. The zero-order valence-electron chi connectivity index (χ0n) is 13.1. The van der Waals surface area contributed by atoms with E-state index in [4.69, 9.17) is 4.74 Å². The molecule has 0 saturated heterocycles. The van der Waals surface area contributed by atoms with Crippen molar-refractivity contribution in [3.05, 3.63) is 54.4 Å². The number of rotatable bonds is 6. The van der Waals surface area contributed by atoms with Gasteiger partial charge in [-0.3, -0.25) is 9.48 Å². The van der Waals surface area contributed by atoms with Gasteiger partial charge in [0.25, 0.3) is 0 Å². The summed E-state index contributed by atoms with van der Waals surface area (Å²) < 4.78 is 6.40. The molecular formula is C17H19N3O3. The Morgan fingerprint density at radius 2 is 2.09 bits per heavy atom. The zero-order valence-corrected chi connectivity index (χ0v) is 13.1. The maximum atomic E-state index is 12.1. The monoisotopic (exact) mass is 313 g/mol. The molecule has 23 heavy (non-hydrogen) atoms. The van der Waals surface area contributed by atoms with Crippen LogP contribution in [0.25, 0.3) is 6.08 Å². The van der Waals surface area contributed by atoms with Crippen molar-refractivity contribution in [3.8, 4) is 0 Å². The number of hydrogen-bond acceptors (Lipinski definition) is 4. The van der Waals surface area contributed by atoms with Gasteiger partial charge in [-0.2, -0.15) is 5.10 Å². The van der Waals surface area contributed by atoms with Crippen LogP contribution in [-0.4, -0.2) is 28.3 Å². The Hall–Kier alpha value is -2.89. The second-order valence-corrected chi connectivity index (χ2v) is 4.86. The predicted molar refractivity (Wildman–Crippen MR) is 87.7 cm³/mol. The Balaban J connectivity index is 1.94. The third-order valence-corrected chi connectivity index (χ3v) is 3.18. The van der Waals surface area contributed by atoms with E-state index >= 15 is 0 Å². The van der Waals surface area contributed by atoms with Gasteiger partial charge < -0.3 is 10.1 Å². The maximum Gasteiger partial charge on any atom is 0.330 e. The highest BCUT2D eigenvalue weighted by atomic mass is 16.5. The minimum absolute atomic E-state index is 0.150. The molecule has 1 amide bonds. The molecule has 0 aliphatic heterocycles. The molecule has 0 aliphatic rings. The van der Waals surface area contributed by atoms with E-state index in [-0.39, 0.29) is 11.9 Å². The Morgan fingerprint density at radius 3 is 2.70 bits per heavy atom. The van der Waals surface area contributed by atoms with E-state index in [1.807, 2.05) is 12.1 Å². The van der Waals surface area contributed by atoms with E-state index in [0.717, 1.165) is 5.56 Å². The van der Waals surface area contributed by atoms with Crippen LogP contribution in [0.2, 0.25) is 0 Å². The lowest BCUT2D eigenvalue weighted by molar-refractivity contribution is -0.137. The highest BCUT2D eigenvalue weighted by Gasteiger charge is 2.14. The summed E-state index contributed by atoms with van der Waals surface area (Å²) in [6.07, 6.45) is 6.41. The van der Waals surface area contributed by atoms with Crippen molar-refractivity contribution in [1.82, 2.24) is 9.78 Å². The number of esters is 1. The average molecular weight is 313 g/mol. The van der Waals surface area contributed by atoms with Gasteiger partial charge in [0.05, 0.1) is 6.61 Å². The minimum atomic E-state index is -0.395. The highest BCUT2D eigenvalue weighted by molar-refractivity contribution is 5.93. The van der Waals surface area contributed by atoms with Crippen LogP contribution < -0.4 is 5.32 Å². The number of carbonyl (C=O) groups excluding carboxylic acids is 2. The van der Waals surface area contributed by atoms with Gasteiger partial charge >= 0.3 is 5.97 Å². The van der Waals surface area contributed by atoms with E-state index in [1.165, 1.54) is 6.08 Å². The summed E-state index contributed by atoms with van der Waals surface area (Å²) in [6.45, 7) is 3.88. The van der Waals surface area contributed by atoms with E-state index in [9.17, 15) is 9.59 Å². The van der Waals surface area contributed by atoms with Crippen molar-refractivity contribution in [2.45, 2.75) is 19.9 Å². The first kappa shape index (κ1) is 16.5. The molecule has 2 aromatic rings. The van der Waals surface area contributed by atoms with E-state index in [0.29, 0.717) is 12.3 Å². The molecule has 0 spiro atoms. The molecule has 2 rings (SSSR count). The summed E-state index contributed by atoms with van der Waals surface area (Å²) in [7, 11) is 0. The molecule has 120 valence electrons. The Bertz CT molecular complexity index is 676. The fourth-order valence-electron chi connectivity index (χ4n) is 1.91. The average Bonchev–Trinajstić information content (AvgIpc) is 3.08. The van der Waals surface area contributed by atoms with Gasteiger partial charge in [0, 0.05) is 24.2 Å². The van der Waals surface area contributed by atoms with Gasteiger partial charge in [-0.15, -0.1) is 0 Å². The number of ether oxygens (including phenoxy) is 1. The Kier molecular flexibility index (Phi) is 5.68.